The highest BCUT2D eigenvalue weighted by Crippen LogP contribution is 2.41. The van der Waals surface area contributed by atoms with E-state index in [9.17, 15) is 13.2 Å². The fourth-order valence-electron chi connectivity index (χ4n) is 1.54. The maximum atomic E-state index is 12.0. The summed E-state index contributed by atoms with van der Waals surface area (Å²) in [4.78, 5) is 0. The normalized spacial score (nSPS) is 32.7. The summed E-state index contributed by atoms with van der Waals surface area (Å²) in [5, 5.41) is 8.58. The van der Waals surface area contributed by atoms with E-state index in [4.69, 9.17) is 5.11 Å². The summed E-state index contributed by atoms with van der Waals surface area (Å²) in [6.45, 7) is -0.105. The largest absolute Gasteiger partial charge is 0.396 e. The molecule has 1 aliphatic carbocycles. The Morgan fingerprint density at radius 2 is 1.91 bits per heavy atom. The lowest BCUT2D eigenvalue weighted by Crippen LogP contribution is -2.20. The number of alkyl halides is 3. The predicted molar refractivity (Wildman–Crippen MR) is 34.0 cm³/mol. The van der Waals surface area contributed by atoms with Gasteiger partial charge in [0.1, 0.15) is 0 Å². The summed E-state index contributed by atoms with van der Waals surface area (Å²) >= 11 is 0. The fourth-order valence-corrected chi connectivity index (χ4v) is 1.54. The lowest BCUT2D eigenvalue weighted by molar-refractivity contribution is -0.173. The van der Waals surface area contributed by atoms with Crippen molar-refractivity contribution in [2.75, 3.05) is 6.61 Å². The molecule has 0 aromatic heterocycles. The van der Waals surface area contributed by atoms with E-state index in [1.165, 1.54) is 0 Å². The first-order chi connectivity index (χ1) is 5.04. The van der Waals surface area contributed by atoms with E-state index in [2.05, 4.69) is 0 Å². The van der Waals surface area contributed by atoms with Crippen molar-refractivity contribution in [1.29, 1.82) is 0 Å². The molecule has 66 valence electrons. The average molecular weight is 168 g/mol. The van der Waals surface area contributed by atoms with Gasteiger partial charge in [-0.2, -0.15) is 13.2 Å². The summed E-state index contributed by atoms with van der Waals surface area (Å²) in [6.07, 6.45) is -3.24. The van der Waals surface area contributed by atoms with Crippen molar-refractivity contribution in [2.24, 2.45) is 11.8 Å². The SMILES string of the molecule is OC[C@@H]1CC[C@H](C(F)(F)F)C1. The van der Waals surface area contributed by atoms with Crippen LogP contribution >= 0.6 is 0 Å². The zero-order valence-electron chi connectivity index (χ0n) is 6.06. The predicted octanol–water partition coefficient (Wildman–Crippen LogP) is 1.96. The molecule has 0 heterocycles. The number of hydrogen-bond donors (Lipinski definition) is 1. The number of aliphatic hydroxyl groups excluding tert-OH is 1. The van der Waals surface area contributed by atoms with Crippen molar-refractivity contribution >= 4 is 0 Å². The molecule has 1 rings (SSSR count). The van der Waals surface area contributed by atoms with Gasteiger partial charge in [0.2, 0.25) is 0 Å². The molecule has 1 N–H and O–H groups in total. The van der Waals surface area contributed by atoms with Gasteiger partial charge < -0.3 is 5.11 Å². The molecule has 1 fully saturated rings. The molecule has 4 heteroatoms. The minimum absolute atomic E-state index is 0.105. The van der Waals surface area contributed by atoms with E-state index in [1.807, 2.05) is 0 Å². The molecule has 1 aliphatic rings. The van der Waals surface area contributed by atoms with Crippen LogP contribution in [0.2, 0.25) is 0 Å². The van der Waals surface area contributed by atoms with Crippen molar-refractivity contribution in [3.63, 3.8) is 0 Å². The summed E-state index contributed by atoms with van der Waals surface area (Å²) in [6, 6.07) is 0. The first-order valence-corrected chi connectivity index (χ1v) is 3.71. The van der Waals surface area contributed by atoms with Crippen molar-refractivity contribution < 1.29 is 18.3 Å². The zero-order valence-corrected chi connectivity index (χ0v) is 6.06. The maximum Gasteiger partial charge on any atom is 0.391 e. The molecule has 11 heavy (non-hydrogen) atoms. The third-order valence-electron chi connectivity index (χ3n) is 2.26. The van der Waals surface area contributed by atoms with Gasteiger partial charge in [-0.3, -0.25) is 0 Å². The highest BCUT2D eigenvalue weighted by atomic mass is 19.4. The average Bonchev–Trinajstić information content (AvgIpc) is 2.32. The second-order valence-electron chi connectivity index (χ2n) is 3.10. The molecule has 1 nitrogen and oxygen atoms in total. The Kier molecular flexibility index (Phi) is 2.42. The molecule has 0 saturated heterocycles. The Bertz CT molecular complexity index is 132. The highest BCUT2D eigenvalue weighted by molar-refractivity contribution is 4.79. The van der Waals surface area contributed by atoms with Gasteiger partial charge in [0.25, 0.3) is 0 Å². The van der Waals surface area contributed by atoms with Crippen LogP contribution in [0.3, 0.4) is 0 Å². The molecular weight excluding hydrogens is 157 g/mol. The molecule has 0 aromatic carbocycles. The molecule has 0 aromatic rings. The molecule has 0 aliphatic heterocycles. The molecule has 0 radical (unpaired) electrons. The first-order valence-electron chi connectivity index (χ1n) is 3.71. The minimum Gasteiger partial charge on any atom is -0.396 e. The minimum atomic E-state index is -4.05. The third-order valence-corrected chi connectivity index (χ3v) is 2.26. The van der Waals surface area contributed by atoms with Crippen molar-refractivity contribution in [2.45, 2.75) is 25.4 Å². The third kappa shape index (κ3) is 2.09. The van der Waals surface area contributed by atoms with Crippen LogP contribution in [-0.2, 0) is 0 Å². The van der Waals surface area contributed by atoms with E-state index in [0.29, 0.717) is 6.42 Å². The van der Waals surface area contributed by atoms with Crippen LogP contribution in [0.1, 0.15) is 19.3 Å². The maximum absolute atomic E-state index is 12.0. The number of aliphatic hydroxyl groups is 1. The second-order valence-corrected chi connectivity index (χ2v) is 3.10. The Hall–Kier alpha value is -0.250. The summed E-state index contributed by atoms with van der Waals surface area (Å²) in [5.41, 5.74) is 0. The molecule has 2 atom stereocenters. The van der Waals surface area contributed by atoms with Crippen LogP contribution in [-0.4, -0.2) is 17.9 Å². The Labute approximate surface area is 63.2 Å². The summed E-state index contributed by atoms with van der Waals surface area (Å²) in [5.74, 6) is -1.29. The molecule has 0 bridgehead atoms. The van der Waals surface area contributed by atoms with Gasteiger partial charge in [-0.25, -0.2) is 0 Å². The van der Waals surface area contributed by atoms with E-state index in [0.717, 1.165) is 0 Å². The molecule has 0 unspecified atom stereocenters. The molecule has 1 saturated carbocycles. The van der Waals surface area contributed by atoms with Crippen molar-refractivity contribution in [1.82, 2.24) is 0 Å². The standard InChI is InChI=1S/C7H11F3O/c8-7(9,10)6-2-1-5(3-6)4-11/h5-6,11H,1-4H2/t5-,6+/m1/s1. The topological polar surface area (TPSA) is 20.2 Å². The van der Waals surface area contributed by atoms with Crippen LogP contribution in [0.15, 0.2) is 0 Å². The molecule has 0 amide bonds. The summed E-state index contributed by atoms with van der Waals surface area (Å²) in [7, 11) is 0. The zero-order chi connectivity index (χ0) is 8.48. The van der Waals surface area contributed by atoms with Gasteiger partial charge in [-0.1, -0.05) is 0 Å². The number of rotatable bonds is 1. The van der Waals surface area contributed by atoms with Crippen molar-refractivity contribution in [3.05, 3.63) is 0 Å². The summed E-state index contributed by atoms with van der Waals surface area (Å²) < 4.78 is 36.0. The van der Waals surface area contributed by atoms with Crippen LogP contribution in [0.25, 0.3) is 0 Å². The fraction of sp³-hybridized carbons (Fsp3) is 1.00. The van der Waals surface area contributed by atoms with Gasteiger partial charge in [0, 0.05) is 6.61 Å². The van der Waals surface area contributed by atoms with Gasteiger partial charge in [-0.05, 0) is 25.2 Å². The van der Waals surface area contributed by atoms with Gasteiger partial charge >= 0.3 is 6.18 Å². The van der Waals surface area contributed by atoms with E-state index in [-0.39, 0.29) is 25.4 Å². The van der Waals surface area contributed by atoms with Crippen LogP contribution in [0, 0.1) is 11.8 Å². The molecular formula is C7H11F3O. The smallest absolute Gasteiger partial charge is 0.391 e. The molecule has 0 spiro atoms. The Morgan fingerprint density at radius 1 is 1.27 bits per heavy atom. The number of hydrogen-bond acceptors (Lipinski definition) is 1. The monoisotopic (exact) mass is 168 g/mol. The van der Waals surface area contributed by atoms with Gasteiger partial charge in [-0.15, -0.1) is 0 Å². The van der Waals surface area contributed by atoms with E-state index >= 15 is 0 Å². The first kappa shape index (κ1) is 8.84. The van der Waals surface area contributed by atoms with Crippen LogP contribution in [0.5, 0.6) is 0 Å². The van der Waals surface area contributed by atoms with Crippen LogP contribution in [0.4, 0.5) is 13.2 Å². The quantitative estimate of drug-likeness (QED) is 0.634. The Balaban J connectivity index is 2.42. The van der Waals surface area contributed by atoms with Crippen LogP contribution < -0.4 is 0 Å². The van der Waals surface area contributed by atoms with Gasteiger partial charge in [0.05, 0.1) is 5.92 Å². The lowest BCUT2D eigenvalue weighted by atomic mass is 10.1. The Morgan fingerprint density at radius 3 is 2.18 bits per heavy atom. The van der Waals surface area contributed by atoms with E-state index < -0.39 is 12.1 Å². The number of halogens is 3. The lowest BCUT2D eigenvalue weighted by Gasteiger charge is -2.13. The second kappa shape index (κ2) is 3.01. The van der Waals surface area contributed by atoms with Crippen molar-refractivity contribution in [3.8, 4) is 0 Å². The van der Waals surface area contributed by atoms with E-state index in [1.54, 1.807) is 0 Å². The van der Waals surface area contributed by atoms with Gasteiger partial charge in [0.15, 0.2) is 0 Å². The highest BCUT2D eigenvalue weighted by Gasteiger charge is 2.43.